The molecule has 1 N–H and O–H groups in total. The van der Waals surface area contributed by atoms with Crippen LogP contribution < -0.4 is 10.2 Å². The molecule has 0 aromatic carbocycles. The van der Waals surface area contributed by atoms with Crippen LogP contribution in [0, 0.1) is 0 Å². The van der Waals surface area contributed by atoms with Gasteiger partial charge in [0.25, 0.3) is 0 Å². The highest BCUT2D eigenvalue weighted by atomic mass is 127. The van der Waals surface area contributed by atoms with E-state index in [4.69, 9.17) is 9.72 Å². The number of aromatic nitrogens is 1. The summed E-state index contributed by atoms with van der Waals surface area (Å²) in [7, 11) is 1.86. The Morgan fingerprint density at radius 1 is 1.14 bits per heavy atom. The summed E-state index contributed by atoms with van der Waals surface area (Å²) in [6, 6.07) is 4.32. The zero-order chi connectivity index (χ0) is 19.8. The van der Waals surface area contributed by atoms with E-state index in [1.54, 1.807) is 0 Å². The molecule has 2 saturated heterocycles. The number of ether oxygens (including phenoxy) is 1. The van der Waals surface area contributed by atoms with Gasteiger partial charge in [-0.05, 0) is 37.9 Å². The van der Waals surface area contributed by atoms with Crippen molar-refractivity contribution in [3.05, 3.63) is 23.9 Å². The number of halogens is 1. The number of piperazine rings is 1. The van der Waals surface area contributed by atoms with Crippen LogP contribution >= 0.6 is 24.0 Å². The van der Waals surface area contributed by atoms with Crippen LogP contribution in [0.25, 0.3) is 0 Å². The zero-order valence-corrected chi connectivity index (χ0v) is 20.5. The van der Waals surface area contributed by atoms with Crippen molar-refractivity contribution in [2.75, 3.05) is 64.4 Å². The lowest BCUT2D eigenvalue weighted by molar-refractivity contribution is 0.0263. The first-order valence-electron chi connectivity index (χ1n) is 10.7. The molecule has 164 valence electrons. The highest BCUT2D eigenvalue weighted by Gasteiger charge is 2.21. The quantitative estimate of drug-likeness (QED) is 0.356. The number of likely N-dealkylation sites (tertiary alicyclic amines) is 1. The van der Waals surface area contributed by atoms with Crippen LogP contribution in [0.15, 0.2) is 23.3 Å². The molecule has 1 aromatic heterocycles. The second-order valence-corrected chi connectivity index (χ2v) is 7.49. The Labute approximate surface area is 192 Å². The standard InChI is InChI=1S/C21H36N6O.HI/c1-4-25-12-14-26(15-13-25)20-7-6-18(16-23-20)17-24-21(22-3)27-10-8-19(9-11-27)28-5-2;/h6-7,16,19H,4-5,8-15,17H2,1-3H3,(H,22,24);1H. The lowest BCUT2D eigenvalue weighted by Crippen LogP contribution is -2.47. The lowest BCUT2D eigenvalue weighted by Gasteiger charge is -2.35. The fourth-order valence-electron chi connectivity index (χ4n) is 3.98. The van der Waals surface area contributed by atoms with Crippen molar-refractivity contribution < 1.29 is 4.74 Å². The van der Waals surface area contributed by atoms with E-state index in [0.717, 1.165) is 83.6 Å². The number of anilines is 1. The van der Waals surface area contributed by atoms with E-state index < -0.39 is 0 Å². The van der Waals surface area contributed by atoms with Gasteiger partial charge in [0.15, 0.2) is 5.96 Å². The molecule has 0 aliphatic carbocycles. The minimum absolute atomic E-state index is 0. The molecular formula is C21H37IN6O. The summed E-state index contributed by atoms with van der Waals surface area (Å²) >= 11 is 0. The predicted molar refractivity (Wildman–Crippen MR) is 130 cm³/mol. The molecule has 29 heavy (non-hydrogen) atoms. The number of piperidine rings is 1. The summed E-state index contributed by atoms with van der Waals surface area (Å²) in [4.78, 5) is 16.3. The summed E-state index contributed by atoms with van der Waals surface area (Å²) in [5.74, 6) is 2.05. The Hall–Kier alpha value is -1.13. The van der Waals surface area contributed by atoms with Crippen LogP contribution in [-0.2, 0) is 11.3 Å². The third kappa shape index (κ3) is 6.96. The van der Waals surface area contributed by atoms with Gasteiger partial charge in [-0.3, -0.25) is 4.99 Å². The summed E-state index contributed by atoms with van der Waals surface area (Å²) < 4.78 is 5.75. The Morgan fingerprint density at radius 3 is 2.41 bits per heavy atom. The third-order valence-electron chi connectivity index (χ3n) is 5.76. The number of aliphatic imine (C=N–C) groups is 1. The van der Waals surface area contributed by atoms with Crippen molar-refractivity contribution in [1.29, 1.82) is 0 Å². The number of rotatable bonds is 6. The van der Waals surface area contributed by atoms with Gasteiger partial charge in [-0.25, -0.2) is 4.98 Å². The van der Waals surface area contributed by atoms with Crippen molar-refractivity contribution in [2.45, 2.75) is 39.3 Å². The summed E-state index contributed by atoms with van der Waals surface area (Å²) in [5.41, 5.74) is 1.18. The number of nitrogens with one attached hydrogen (secondary N) is 1. The van der Waals surface area contributed by atoms with E-state index in [2.05, 4.69) is 51.0 Å². The van der Waals surface area contributed by atoms with E-state index in [-0.39, 0.29) is 24.0 Å². The highest BCUT2D eigenvalue weighted by Crippen LogP contribution is 2.15. The normalized spacial score (nSPS) is 19.2. The van der Waals surface area contributed by atoms with E-state index in [0.29, 0.717) is 6.10 Å². The molecule has 2 aliphatic rings. The van der Waals surface area contributed by atoms with E-state index in [1.165, 1.54) is 5.56 Å². The van der Waals surface area contributed by atoms with Gasteiger partial charge in [-0.15, -0.1) is 24.0 Å². The van der Waals surface area contributed by atoms with Crippen molar-refractivity contribution in [1.82, 2.24) is 20.1 Å². The SMILES string of the molecule is CCOC1CCN(C(=NC)NCc2ccc(N3CCN(CC)CC3)nc2)CC1.I. The van der Waals surface area contributed by atoms with Gasteiger partial charge in [0.1, 0.15) is 5.82 Å². The molecule has 0 radical (unpaired) electrons. The maximum atomic E-state index is 5.75. The molecule has 2 fully saturated rings. The largest absolute Gasteiger partial charge is 0.378 e. The number of likely N-dealkylation sites (N-methyl/N-ethyl adjacent to an activating group) is 1. The van der Waals surface area contributed by atoms with Gasteiger partial charge in [0, 0.05) is 65.7 Å². The van der Waals surface area contributed by atoms with Crippen molar-refractivity contribution in [3.63, 3.8) is 0 Å². The number of guanidine groups is 1. The van der Waals surface area contributed by atoms with Gasteiger partial charge in [-0.1, -0.05) is 13.0 Å². The maximum Gasteiger partial charge on any atom is 0.193 e. The van der Waals surface area contributed by atoms with Crippen molar-refractivity contribution in [2.24, 2.45) is 4.99 Å². The molecule has 3 rings (SSSR count). The van der Waals surface area contributed by atoms with Crippen LogP contribution in [0.5, 0.6) is 0 Å². The summed E-state index contributed by atoms with van der Waals surface area (Å²) in [6.45, 7) is 13.3. The Morgan fingerprint density at radius 2 is 1.86 bits per heavy atom. The van der Waals surface area contributed by atoms with Crippen molar-refractivity contribution in [3.8, 4) is 0 Å². The first kappa shape index (κ1) is 24.1. The van der Waals surface area contributed by atoms with Gasteiger partial charge >= 0.3 is 0 Å². The van der Waals surface area contributed by atoms with Gasteiger partial charge in [-0.2, -0.15) is 0 Å². The van der Waals surface area contributed by atoms with E-state index in [1.807, 2.05) is 13.2 Å². The first-order valence-corrected chi connectivity index (χ1v) is 10.7. The molecule has 0 amide bonds. The average molecular weight is 516 g/mol. The number of hydrogen-bond donors (Lipinski definition) is 1. The van der Waals surface area contributed by atoms with Crippen LogP contribution in [0.2, 0.25) is 0 Å². The summed E-state index contributed by atoms with van der Waals surface area (Å²) in [6.07, 6.45) is 4.52. The Kier molecular flexibility index (Phi) is 10.4. The first-order chi connectivity index (χ1) is 13.7. The van der Waals surface area contributed by atoms with Crippen LogP contribution in [-0.4, -0.2) is 86.3 Å². The molecule has 1 aromatic rings. The Balaban J connectivity index is 0.00000300. The molecule has 0 saturated carbocycles. The average Bonchev–Trinajstić information content (AvgIpc) is 2.76. The Bertz CT molecular complexity index is 610. The molecule has 0 bridgehead atoms. The van der Waals surface area contributed by atoms with Crippen LogP contribution in [0.1, 0.15) is 32.3 Å². The summed E-state index contributed by atoms with van der Waals surface area (Å²) in [5, 5.41) is 3.49. The molecule has 2 aliphatic heterocycles. The lowest BCUT2D eigenvalue weighted by atomic mass is 10.1. The fraction of sp³-hybridized carbons (Fsp3) is 0.714. The number of pyridine rings is 1. The molecule has 3 heterocycles. The fourth-order valence-corrected chi connectivity index (χ4v) is 3.98. The number of hydrogen-bond acceptors (Lipinski definition) is 5. The monoisotopic (exact) mass is 516 g/mol. The van der Waals surface area contributed by atoms with E-state index in [9.17, 15) is 0 Å². The molecule has 8 heteroatoms. The number of nitrogens with zero attached hydrogens (tertiary/aromatic N) is 5. The minimum atomic E-state index is 0. The minimum Gasteiger partial charge on any atom is -0.378 e. The van der Waals surface area contributed by atoms with E-state index >= 15 is 0 Å². The van der Waals surface area contributed by atoms with Crippen LogP contribution in [0.4, 0.5) is 5.82 Å². The molecular weight excluding hydrogens is 479 g/mol. The smallest absolute Gasteiger partial charge is 0.193 e. The molecule has 0 atom stereocenters. The highest BCUT2D eigenvalue weighted by molar-refractivity contribution is 14.0. The molecule has 7 nitrogen and oxygen atoms in total. The van der Waals surface area contributed by atoms with Gasteiger partial charge < -0.3 is 24.8 Å². The zero-order valence-electron chi connectivity index (χ0n) is 18.1. The van der Waals surface area contributed by atoms with Gasteiger partial charge in [0.05, 0.1) is 6.10 Å². The molecule has 0 spiro atoms. The maximum absolute atomic E-state index is 5.75. The second-order valence-electron chi connectivity index (χ2n) is 7.49. The predicted octanol–water partition coefficient (Wildman–Crippen LogP) is 2.42. The van der Waals surface area contributed by atoms with Gasteiger partial charge in [0.2, 0.25) is 0 Å². The topological polar surface area (TPSA) is 56.2 Å². The van der Waals surface area contributed by atoms with Crippen LogP contribution in [0.3, 0.4) is 0 Å². The molecule has 0 unspecified atom stereocenters. The second kappa shape index (κ2) is 12.5. The van der Waals surface area contributed by atoms with Crippen molar-refractivity contribution >= 4 is 35.8 Å². The third-order valence-corrected chi connectivity index (χ3v) is 5.76.